The van der Waals surface area contributed by atoms with Gasteiger partial charge in [-0.25, -0.2) is 4.79 Å². The van der Waals surface area contributed by atoms with Gasteiger partial charge in [0, 0.05) is 6.54 Å². The van der Waals surface area contributed by atoms with Crippen LogP contribution in [0.1, 0.15) is 40.5 Å². The largest absolute Gasteiger partial charge is 0.469 e. The summed E-state index contributed by atoms with van der Waals surface area (Å²) in [5.74, 6) is -1.15. The van der Waals surface area contributed by atoms with Crippen molar-refractivity contribution in [1.82, 2.24) is 4.90 Å². The Kier molecular flexibility index (Phi) is 5.39. The number of carbonyl (C=O) groups is 2. The molecule has 1 fully saturated rings. The highest BCUT2D eigenvalue weighted by Crippen LogP contribution is 2.26. The average molecular weight is 287 g/mol. The van der Waals surface area contributed by atoms with Gasteiger partial charge in [-0.1, -0.05) is 0 Å². The summed E-state index contributed by atoms with van der Waals surface area (Å²) in [4.78, 5) is 25.1. The van der Waals surface area contributed by atoms with Gasteiger partial charge in [0.25, 0.3) is 0 Å². The van der Waals surface area contributed by atoms with Crippen molar-refractivity contribution in [2.24, 2.45) is 5.92 Å². The number of hydrogen-bond acceptors (Lipinski definition) is 5. The van der Waals surface area contributed by atoms with E-state index in [1.165, 1.54) is 12.0 Å². The van der Waals surface area contributed by atoms with Crippen LogP contribution in [0, 0.1) is 5.92 Å². The number of hydrogen-bond donors (Lipinski definition) is 1. The Morgan fingerprint density at radius 1 is 1.35 bits per heavy atom. The Hall–Kier alpha value is -1.30. The van der Waals surface area contributed by atoms with E-state index in [1.807, 2.05) is 0 Å². The smallest absolute Gasteiger partial charge is 0.410 e. The van der Waals surface area contributed by atoms with Crippen LogP contribution in [0.5, 0.6) is 0 Å². The molecular weight excluding hydrogens is 262 g/mol. The molecule has 0 aromatic rings. The Morgan fingerprint density at radius 3 is 2.45 bits per heavy atom. The number of methoxy groups -OCH3 is 1. The number of carbonyl (C=O) groups excluding carboxylic acids is 2. The van der Waals surface area contributed by atoms with Gasteiger partial charge in [0.05, 0.1) is 25.2 Å². The number of amides is 1. The molecule has 0 radical (unpaired) electrons. The highest BCUT2D eigenvalue weighted by Gasteiger charge is 2.40. The van der Waals surface area contributed by atoms with E-state index >= 15 is 0 Å². The van der Waals surface area contributed by atoms with E-state index in [0.717, 1.165) is 6.42 Å². The van der Waals surface area contributed by atoms with Gasteiger partial charge < -0.3 is 19.5 Å². The van der Waals surface area contributed by atoms with E-state index in [2.05, 4.69) is 4.74 Å². The minimum Gasteiger partial charge on any atom is -0.469 e. The monoisotopic (exact) mass is 287 g/mol. The molecule has 6 nitrogen and oxygen atoms in total. The molecule has 0 aromatic carbocycles. The van der Waals surface area contributed by atoms with E-state index in [9.17, 15) is 14.7 Å². The maximum atomic E-state index is 12.1. The molecule has 0 aliphatic carbocycles. The minimum absolute atomic E-state index is 0.404. The molecule has 116 valence electrons. The topological polar surface area (TPSA) is 76.1 Å². The fraction of sp³-hybridized carbons (Fsp3) is 0.857. The predicted molar refractivity (Wildman–Crippen MR) is 73.1 cm³/mol. The lowest BCUT2D eigenvalue weighted by Crippen LogP contribution is -2.48. The fourth-order valence-corrected chi connectivity index (χ4v) is 2.35. The van der Waals surface area contributed by atoms with Crippen LogP contribution in [-0.2, 0) is 14.3 Å². The zero-order valence-electron chi connectivity index (χ0n) is 12.9. The van der Waals surface area contributed by atoms with Crippen LogP contribution in [-0.4, -0.2) is 53.5 Å². The second-order valence-corrected chi connectivity index (χ2v) is 6.19. The third kappa shape index (κ3) is 4.10. The Labute approximate surface area is 120 Å². The number of likely N-dealkylation sites (tertiary alicyclic amines) is 1. The number of rotatable bonds is 3. The van der Waals surface area contributed by atoms with Crippen molar-refractivity contribution in [2.45, 2.75) is 58.3 Å². The van der Waals surface area contributed by atoms with Crippen LogP contribution in [0.15, 0.2) is 0 Å². The normalized spacial score (nSPS) is 22.3. The third-order valence-corrected chi connectivity index (χ3v) is 3.41. The SMILES string of the molecule is COC(=O)C(C)C(O)C1CCCN1C(=O)OC(C)(C)C. The Morgan fingerprint density at radius 2 is 1.95 bits per heavy atom. The predicted octanol–water partition coefficient (Wildman–Crippen LogP) is 1.56. The van der Waals surface area contributed by atoms with E-state index in [1.54, 1.807) is 27.7 Å². The molecule has 0 bridgehead atoms. The van der Waals surface area contributed by atoms with Crippen LogP contribution < -0.4 is 0 Å². The van der Waals surface area contributed by atoms with Gasteiger partial charge in [-0.2, -0.15) is 0 Å². The zero-order valence-corrected chi connectivity index (χ0v) is 12.9. The minimum atomic E-state index is -0.947. The molecule has 0 saturated carbocycles. The van der Waals surface area contributed by atoms with Gasteiger partial charge in [-0.15, -0.1) is 0 Å². The van der Waals surface area contributed by atoms with Crippen LogP contribution in [0.3, 0.4) is 0 Å². The van der Waals surface area contributed by atoms with Crippen LogP contribution in [0.4, 0.5) is 4.79 Å². The second kappa shape index (κ2) is 6.43. The summed E-state index contributed by atoms with van der Waals surface area (Å²) in [6.45, 7) is 7.52. The lowest BCUT2D eigenvalue weighted by Gasteiger charge is -2.32. The molecule has 0 spiro atoms. The zero-order chi connectivity index (χ0) is 15.5. The second-order valence-electron chi connectivity index (χ2n) is 6.19. The quantitative estimate of drug-likeness (QED) is 0.797. The first kappa shape index (κ1) is 16.8. The number of esters is 1. The molecule has 1 heterocycles. The van der Waals surface area contributed by atoms with E-state index in [-0.39, 0.29) is 0 Å². The first-order valence-corrected chi connectivity index (χ1v) is 6.93. The molecule has 1 saturated heterocycles. The summed E-state index contributed by atoms with van der Waals surface area (Å²) in [6, 6.07) is -0.404. The summed E-state index contributed by atoms with van der Waals surface area (Å²) >= 11 is 0. The summed E-state index contributed by atoms with van der Waals surface area (Å²) in [6.07, 6.45) is 0.0462. The van der Waals surface area contributed by atoms with Crippen molar-refractivity contribution in [1.29, 1.82) is 0 Å². The standard InChI is InChI=1S/C14H25NO5/c1-9(12(17)19-5)11(16)10-7-6-8-15(10)13(18)20-14(2,3)4/h9-11,16H,6-8H2,1-5H3. The summed E-state index contributed by atoms with van der Waals surface area (Å²) < 4.78 is 9.96. The Balaban J connectivity index is 2.74. The highest BCUT2D eigenvalue weighted by atomic mass is 16.6. The maximum Gasteiger partial charge on any atom is 0.410 e. The first-order chi connectivity index (χ1) is 9.17. The molecular formula is C14H25NO5. The van der Waals surface area contributed by atoms with Gasteiger partial charge in [0.2, 0.25) is 0 Å². The fourth-order valence-electron chi connectivity index (χ4n) is 2.35. The molecule has 1 aliphatic rings. The molecule has 20 heavy (non-hydrogen) atoms. The van der Waals surface area contributed by atoms with Crippen molar-refractivity contribution in [3.05, 3.63) is 0 Å². The van der Waals surface area contributed by atoms with Gasteiger partial charge in [0.1, 0.15) is 5.60 Å². The van der Waals surface area contributed by atoms with Crippen molar-refractivity contribution >= 4 is 12.1 Å². The van der Waals surface area contributed by atoms with Gasteiger partial charge in [0.15, 0.2) is 0 Å². The van der Waals surface area contributed by atoms with Crippen molar-refractivity contribution in [3.63, 3.8) is 0 Å². The molecule has 6 heteroatoms. The third-order valence-electron chi connectivity index (χ3n) is 3.41. The first-order valence-electron chi connectivity index (χ1n) is 6.93. The molecule has 1 amide bonds. The maximum absolute atomic E-state index is 12.1. The molecule has 1 rings (SSSR count). The number of aliphatic hydroxyl groups excluding tert-OH is 1. The van der Waals surface area contributed by atoms with Crippen molar-refractivity contribution in [2.75, 3.05) is 13.7 Å². The van der Waals surface area contributed by atoms with Gasteiger partial charge >= 0.3 is 12.1 Å². The summed E-state index contributed by atoms with van der Waals surface area (Å²) in [5, 5.41) is 10.3. The highest BCUT2D eigenvalue weighted by molar-refractivity contribution is 5.73. The van der Waals surface area contributed by atoms with Crippen LogP contribution in [0.25, 0.3) is 0 Å². The van der Waals surface area contributed by atoms with Gasteiger partial charge in [-0.3, -0.25) is 4.79 Å². The van der Waals surface area contributed by atoms with Gasteiger partial charge in [-0.05, 0) is 40.5 Å². The molecule has 1 aliphatic heterocycles. The van der Waals surface area contributed by atoms with Crippen LogP contribution >= 0.6 is 0 Å². The van der Waals surface area contributed by atoms with E-state index in [0.29, 0.717) is 13.0 Å². The number of nitrogens with zero attached hydrogens (tertiary/aromatic N) is 1. The van der Waals surface area contributed by atoms with Crippen molar-refractivity contribution < 1.29 is 24.2 Å². The summed E-state index contributed by atoms with van der Waals surface area (Å²) in [5.41, 5.74) is -0.580. The van der Waals surface area contributed by atoms with E-state index in [4.69, 9.17) is 4.74 Å². The molecule has 0 aromatic heterocycles. The average Bonchev–Trinajstić information content (AvgIpc) is 2.83. The number of aliphatic hydroxyl groups is 1. The van der Waals surface area contributed by atoms with Crippen LogP contribution in [0.2, 0.25) is 0 Å². The summed E-state index contributed by atoms with van der Waals surface area (Å²) in [7, 11) is 1.28. The molecule has 3 atom stereocenters. The van der Waals surface area contributed by atoms with Crippen molar-refractivity contribution in [3.8, 4) is 0 Å². The lowest BCUT2D eigenvalue weighted by atomic mass is 9.96. The van der Waals surface area contributed by atoms with E-state index < -0.39 is 35.7 Å². The lowest BCUT2D eigenvalue weighted by molar-refractivity contribution is -0.150. The Bertz CT molecular complexity index is 363. The molecule has 3 unspecified atom stereocenters. The molecule has 1 N–H and O–H groups in total. The number of ether oxygens (including phenoxy) is 2.